The van der Waals surface area contributed by atoms with E-state index in [0.717, 1.165) is 17.1 Å². The summed E-state index contributed by atoms with van der Waals surface area (Å²) < 4.78 is 1.99. The molecule has 1 atom stereocenters. The highest BCUT2D eigenvalue weighted by molar-refractivity contribution is 5.97. The van der Waals surface area contributed by atoms with Crippen molar-refractivity contribution in [1.29, 1.82) is 0 Å². The summed E-state index contributed by atoms with van der Waals surface area (Å²) in [6, 6.07) is 7.92. The quantitative estimate of drug-likeness (QED) is 0.858. The van der Waals surface area contributed by atoms with Gasteiger partial charge in [-0.1, -0.05) is 17.7 Å². The molecule has 2 aromatic rings. The Kier molecular flexibility index (Phi) is 4.88. The summed E-state index contributed by atoms with van der Waals surface area (Å²) in [5, 5.41) is 0. The Morgan fingerprint density at radius 2 is 1.92 bits per heavy atom. The number of nitrogens with zero attached hydrogens (tertiary/aromatic N) is 4. The van der Waals surface area contributed by atoms with Crippen LogP contribution < -0.4 is 4.90 Å². The smallest absolute Gasteiger partial charge is 0.246 e. The second-order valence-electron chi connectivity index (χ2n) is 6.63. The van der Waals surface area contributed by atoms with Crippen molar-refractivity contribution < 1.29 is 9.59 Å². The van der Waals surface area contributed by atoms with Gasteiger partial charge in [-0.3, -0.25) is 9.59 Å². The lowest BCUT2D eigenvalue weighted by atomic mass is 10.1. The topological polar surface area (TPSA) is 58.4 Å². The molecule has 1 aromatic carbocycles. The van der Waals surface area contributed by atoms with E-state index in [-0.39, 0.29) is 24.4 Å². The maximum Gasteiger partial charge on any atom is 0.246 e. The van der Waals surface area contributed by atoms with Crippen molar-refractivity contribution in [2.24, 2.45) is 0 Å². The zero-order valence-corrected chi connectivity index (χ0v) is 15.0. The number of anilines is 1. The van der Waals surface area contributed by atoms with Gasteiger partial charge in [0.05, 0.1) is 0 Å². The molecule has 25 heavy (non-hydrogen) atoms. The molecule has 0 N–H and O–H groups in total. The summed E-state index contributed by atoms with van der Waals surface area (Å²) in [6.07, 6.45) is 3.99. The Labute approximate surface area is 148 Å². The molecule has 3 rings (SSSR count). The third kappa shape index (κ3) is 3.73. The van der Waals surface area contributed by atoms with Gasteiger partial charge in [0.25, 0.3) is 0 Å². The van der Waals surface area contributed by atoms with Crippen LogP contribution in [0.15, 0.2) is 36.7 Å². The highest BCUT2D eigenvalue weighted by Crippen LogP contribution is 2.20. The highest BCUT2D eigenvalue weighted by atomic mass is 16.2. The summed E-state index contributed by atoms with van der Waals surface area (Å²) >= 11 is 0. The summed E-state index contributed by atoms with van der Waals surface area (Å²) in [5.41, 5.74) is 2.05. The van der Waals surface area contributed by atoms with Crippen molar-refractivity contribution in [3.8, 4) is 0 Å². The normalized spacial score (nSPS) is 16.2. The van der Waals surface area contributed by atoms with Gasteiger partial charge in [-0.15, -0.1) is 0 Å². The largest absolute Gasteiger partial charge is 0.332 e. The van der Waals surface area contributed by atoms with Gasteiger partial charge in [-0.2, -0.15) is 0 Å². The molecule has 6 nitrogen and oxygen atoms in total. The first-order chi connectivity index (χ1) is 12.0. The number of carbonyl (C=O) groups is 2. The lowest BCUT2D eigenvalue weighted by molar-refractivity contribution is -0.137. The van der Waals surface area contributed by atoms with E-state index in [1.165, 1.54) is 0 Å². The van der Waals surface area contributed by atoms with E-state index < -0.39 is 0 Å². The van der Waals surface area contributed by atoms with Gasteiger partial charge in [-0.05, 0) is 32.9 Å². The number of piperazine rings is 1. The van der Waals surface area contributed by atoms with Crippen LogP contribution in [0, 0.1) is 13.8 Å². The number of hydrogen-bond donors (Lipinski definition) is 0. The van der Waals surface area contributed by atoms with Gasteiger partial charge in [0, 0.05) is 43.6 Å². The SMILES string of the molecule is Cc1ccc(N2CCN(C(=O)C[C@@H](C)n3ccnc3C)CC2=O)cc1. The van der Waals surface area contributed by atoms with Gasteiger partial charge < -0.3 is 14.4 Å². The van der Waals surface area contributed by atoms with Gasteiger partial charge in [0.1, 0.15) is 12.4 Å². The van der Waals surface area contributed by atoms with Crippen LogP contribution in [-0.4, -0.2) is 45.9 Å². The lowest BCUT2D eigenvalue weighted by Gasteiger charge is -2.35. The molecule has 1 aromatic heterocycles. The number of aromatic nitrogens is 2. The van der Waals surface area contributed by atoms with Crippen LogP contribution in [0.4, 0.5) is 5.69 Å². The van der Waals surface area contributed by atoms with Gasteiger partial charge >= 0.3 is 0 Å². The fraction of sp³-hybridized carbons (Fsp3) is 0.421. The minimum atomic E-state index is -0.0325. The van der Waals surface area contributed by atoms with E-state index >= 15 is 0 Å². The maximum atomic E-state index is 12.6. The molecule has 2 heterocycles. The van der Waals surface area contributed by atoms with Crippen molar-refractivity contribution in [3.05, 3.63) is 48.0 Å². The number of amides is 2. The fourth-order valence-corrected chi connectivity index (χ4v) is 3.22. The fourth-order valence-electron chi connectivity index (χ4n) is 3.22. The molecule has 6 heteroatoms. The van der Waals surface area contributed by atoms with E-state index in [1.54, 1.807) is 16.0 Å². The van der Waals surface area contributed by atoms with Gasteiger partial charge in [0.15, 0.2) is 0 Å². The second-order valence-corrected chi connectivity index (χ2v) is 6.63. The number of benzene rings is 1. The van der Waals surface area contributed by atoms with Crippen LogP contribution in [0.3, 0.4) is 0 Å². The van der Waals surface area contributed by atoms with Crippen molar-refractivity contribution in [1.82, 2.24) is 14.5 Å². The average molecular weight is 340 g/mol. The zero-order valence-electron chi connectivity index (χ0n) is 15.0. The average Bonchev–Trinajstić information content (AvgIpc) is 3.02. The van der Waals surface area contributed by atoms with Gasteiger partial charge in [-0.25, -0.2) is 4.98 Å². The van der Waals surface area contributed by atoms with E-state index in [1.807, 2.05) is 55.8 Å². The number of hydrogen-bond acceptors (Lipinski definition) is 3. The first-order valence-electron chi connectivity index (χ1n) is 8.60. The van der Waals surface area contributed by atoms with E-state index in [0.29, 0.717) is 19.5 Å². The second kappa shape index (κ2) is 7.09. The van der Waals surface area contributed by atoms with E-state index in [9.17, 15) is 9.59 Å². The minimum Gasteiger partial charge on any atom is -0.332 e. The predicted octanol–water partition coefficient (Wildman–Crippen LogP) is 2.33. The summed E-state index contributed by atoms with van der Waals surface area (Å²) in [4.78, 5) is 32.7. The molecule has 1 fully saturated rings. The molecular formula is C19H24N4O2. The van der Waals surface area contributed by atoms with Crippen LogP contribution in [-0.2, 0) is 9.59 Å². The Bertz CT molecular complexity index is 766. The summed E-state index contributed by atoms with van der Waals surface area (Å²) in [5.74, 6) is 0.869. The maximum absolute atomic E-state index is 12.6. The van der Waals surface area contributed by atoms with E-state index in [2.05, 4.69) is 4.98 Å². The molecule has 132 valence electrons. The molecule has 0 aliphatic carbocycles. The Hall–Kier alpha value is -2.63. The Morgan fingerprint density at radius 1 is 1.20 bits per heavy atom. The van der Waals surface area contributed by atoms with Crippen LogP contribution >= 0.6 is 0 Å². The molecular weight excluding hydrogens is 316 g/mol. The highest BCUT2D eigenvalue weighted by Gasteiger charge is 2.28. The molecule has 0 unspecified atom stereocenters. The number of aryl methyl sites for hydroxylation is 2. The minimum absolute atomic E-state index is 0.0116. The van der Waals surface area contributed by atoms with Crippen molar-refractivity contribution >= 4 is 17.5 Å². The molecule has 1 aliphatic heterocycles. The molecule has 0 radical (unpaired) electrons. The standard InChI is InChI=1S/C19H24N4O2/c1-14-4-6-17(7-5-14)23-11-10-21(13-19(23)25)18(24)12-15(2)22-9-8-20-16(22)3/h4-9,15H,10-13H2,1-3H3/t15-/m1/s1. The van der Waals surface area contributed by atoms with Crippen LogP contribution in [0.1, 0.15) is 30.8 Å². The van der Waals surface area contributed by atoms with Crippen molar-refractivity contribution in [2.45, 2.75) is 33.2 Å². The lowest BCUT2D eigenvalue weighted by Crippen LogP contribution is -2.52. The molecule has 2 amide bonds. The first kappa shape index (κ1) is 17.2. The summed E-state index contributed by atoms with van der Waals surface area (Å²) in [7, 11) is 0. The predicted molar refractivity (Wildman–Crippen MR) is 96.4 cm³/mol. The number of carbonyl (C=O) groups excluding carboxylic acids is 2. The van der Waals surface area contributed by atoms with Gasteiger partial charge in [0.2, 0.25) is 11.8 Å². The van der Waals surface area contributed by atoms with Crippen LogP contribution in [0.25, 0.3) is 0 Å². The van der Waals surface area contributed by atoms with Crippen LogP contribution in [0.5, 0.6) is 0 Å². The third-order valence-corrected chi connectivity index (χ3v) is 4.73. The Balaban J connectivity index is 1.60. The van der Waals surface area contributed by atoms with Crippen molar-refractivity contribution in [2.75, 3.05) is 24.5 Å². The number of imidazole rings is 1. The monoisotopic (exact) mass is 340 g/mol. The number of rotatable bonds is 4. The molecule has 0 spiro atoms. The first-order valence-corrected chi connectivity index (χ1v) is 8.60. The Morgan fingerprint density at radius 3 is 2.52 bits per heavy atom. The third-order valence-electron chi connectivity index (χ3n) is 4.73. The van der Waals surface area contributed by atoms with Crippen molar-refractivity contribution in [3.63, 3.8) is 0 Å². The molecule has 1 aliphatic rings. The molecule has 0 bridgehead atoms. The molecule has 1 saturated heterocycles. The summed E-state index contributed by atoms with van der Waals surface area (Å²) in [6.45, 7) is 7.18. The zero-order chi connectivity index (χ0) is 18.0. The molecule has 0 saturated carbocycles. The van der Waals surface area contributed by atoms with Crippen LogP contribution in [0.2, 0.25) is 0 Å². The van der Waals surface area contributed by atoms with E-state index in [4.69, 9.17) is 0 Å².